The van der Waals surface area contributed by atoms with Crippen LogP contribution in [-0.2, 0) is 17.0 Å². The van der Waals surface area contributed by atoms with Gasteiger partial charge in [-0.25, -0.2) is 0 Å². The van der Waals surface area contributed by atoms with Crippen LogP contribution in [0.2, 0.25) is 6.04 Å². The number of alkyl halides is 3. The molecular formula is C11H15F3O3Si. The van der Waals surface area contributed by atoms with Gasteiger partial charge >= 0.3 is 6.18 Å². The normalized spacial score (nSPS) is 12.8. The molecular weight excluding hydrogens is 265 g/mol. The summed E-state index contributed by atoms with van der Waals surface area (Å²) in [5, 5.41) is 16.9. The highest BCUT2D eigenvalue weighted by Gasteiger charge is 2.30. The highest BCUT2D eigenvalue weighted by atomic mass is 28.2. The molecule has 0 saturated carbocycles. The highest BCUT2D eigenvalue weighted by Crippen LogP contribution is 2.29. The van der Waals surface area contributed by atoms with Crippen molar-refractivity contribution < 1.29 is 27.8 Å². The van der Waals surface area contributed by atoms with E-state index in [9.17, 15) is 13.2 Å². The average Bonchev–Trinajstić information content (AvgIpc) is 2.27. The molecule has 18 heavy (non-hydrogen) atoms. The molecule has 0 amide bonds. The van der Waals surface area contributed by atoms with Crippen molar-refractivity contribution in [3.05, 3.63) is 35.4 Å². The van der Waals surface area contributed by atoms with Crippen molar-refractivity contribution in [2.45, 2.75) is 31.5 Å². The molecule has 0 spiro atoms. The Balaban J connectivity index is 2.39. The van der Waals surface area contributed by atoms with Crippen LogP contribution in [0.1, 0.15) is 17.5 Å². The summed E-state index contributed by atoms with van der Waals surface area (Å²) in [6, 6.07) is 5.92. The van der Waals surface area contributed by atoms with Crippen molar-refractivity contribution in [1.82, 2.24) is 0 Å². The Kier molecular flexibility index (Phi) is 5.80. The van der Waals surface area contributed by atoms with Gasteiger partial charge in [-0.3, -0.25) is 0 Å². The molecule has 1 aromatic carbocycles. The van der Waals surface area contributed by atoms with Gasteiger partial charge in [0.15, 0.2) is 9.76 Å². The number of hydrogen-bond acceptors (Lipinski definition) is 3. The van der Waals surface area contributed by atoms with E-state index >= 15 is 0 Å². The van der Waals surface area contributed by atoms with E-state index in [2.05, 4.69) is 4.43 Å². The van der Waals surface area contributed by atoms with Gasteiger partial charge in [0.25, 0.3) is 6.48 Å². The highest BCUT2D eigenvalue weighted by molar-refractivity contribution is 6.26. The van der Waals surface area contributed by atoms with E-state index in [0.717, 1.165) is 12.1 Å². The Labute approximate surface area is 105 Å². The van der Waals surface area contributed by atoms with Crippen LogP contribution < -0.4 is 0 Å². The Hall–Kier alpha value is -0.893. The van der Waals surface area contributed by atoms with Gasteiger partial charge in [-0.05, 0) is 24.1 Å². The van der Waals surface area contributed by atoms with Crippen molar-refractivity contribution in [3.8, 4) is 0 Å². The van der Waals surface area contributed by atoms with Gasteiger partial charge < -0.3 is 14.6 Å². The summed E-state index contributed by atoms with van der Waals surface area (Å²) < 4.78 is 41.9. The minimum atomic E-state index is -4.31. The number of rotatable bonds is 6. The van der Waals surface area contributed by atoms with Crippen LogP contribution in [-0.4, -0.2) is 26.5 Å². The zero-order chi connectivity index (χ0) is 13.6. The SMILES string of the molecule is OC(O)O[SiH2]CCCc1cccc(C(F)(F)F)c1. The summed E-state index contributed by atoms with van der Waals surface area (Å²) >= 11 is 0. The fraction of sp³-hybridized carbons (Fsp3) is 0.455. The molecule has 2 N–H and O–H groups in total. The first-order valence-electron chi connectivity index (χ1n) is 5.53. The molecule has 0 bridgehead atoms. The predicted molar refractivity (Wildman–Crippen MR) is 62.4 cm³/mol. The van der Waals surface area contributed by atoms with Gasteiger partial charge in [0, 0.05) is 0 Å². The molecule has 1 aromatic rings. The number of benzene rings is 1. The molecule has 1 rings (SSSR count). The Morgan fingerprint density at radius 3 is 2.61 bits per heavy atom. The van der Waals surface area contributed by atoms with Crippen LogP contribution >= 0.6 is 0 Å². The maximum absolute atomic E-state index is 12.4. The molecule has 0 unspecified atom stereocenters. The second kappa shape index (κ2) is 6.88. The summed E-state index contributed by atoms with van der Waals surface area (Å²) in [4.78, 5) is 0. The lowest BCUT2D eigenvalue weighted by Gasteiger charge is -2.09. The minimum Gasteiger partial charge on any atom is -0.379 e. The van der Waals surface area contributed by atoms with Gasteiger partial charge in [-0.1, -0.05) is 24.6 Å². The summed E-state index contributed by atoms with van der Waals surface area (Å²) in [5.41, 5.74) is -0.0114. The quantitative estimate of drug-likeness (QED) is 0.471. The minimum absolute atomic E-state index is 0.530. The molecule has 0 saturated heterocycles. The van der Waals surface area contributed by atoms with E-state index in [1.807, 2.05) is 0 Å². The summed E-state index contributed by atoms with van der Waals surface area (Å²) in [5.74, 6) is 0. The summed E-state index contributed by atoms with van der Waals surface area (Å²) in [6.45, 7) is -1.73. The second-order valence-corrected chi connectivity index (χ2v) is 5.30. The Morgan fingerprint density at radius 2 is 2.00 bits per heavy atom. The summed E-state index contributed by atoms with van der Waals surface area (Å²) in [6.07, 6.45) is -3.10. The first-order chi connectivity index (χ1) is 8.39. The Bertz CT molecular complexity index is 369. The fourth-order valence-corrected chi connectivity index (χ4v) is 2.35. The third kappa shape index (κ3) is 5.63. The monoisotopic (exact) mass is 280 g/mol. The zero-order valence-electron chi connectivity index (χ0n) is 9.65. The van der Waals surface area contributed by atoms with E-state index in [4.69, 9.17) is 10.2 Å². The lowest BCUT2D eigenvalue weighted by atomic mass is 10.1. The van der Waals surface area contributed by atoms with Crippen molar-refractivity contribution in [2.75, 3.05) is 0 Å². The van der Waals surface area contributed by atoms with Gasteiger partial charge in [0.1, 0.15) is 0 Å². The van der Waals surface area contributed by atoms with Crippen LogP contribution in [0, 0.1) is 0 Å². The average molecular weight is 280 g/mol. The van der Waals surface area contributed by atoms with Gasteiger partial charge in [0.05, 0.1) is 5.56 Å². The van der Waals surface area contributed by atoms with Crippen molar-refractivity contribution in [2.24, 2.45) is 0 Å². The van der Waals surface area contributed by atoms with E-state index in [1.165, 1.54) is 6.07 Å². The van der Waals surface area contributed by atoms with Crippen LogP contribution in [0.15, 0.2) is 24.3 Å². The van der Waals surface area contributed by atoms with Gasteiger partial charge in [-0.15, -0.1) is 0 Å². The number of hydrogen-bond donors (Lipinski definition) is 2. The molecule has 3 nitrogen and oxygen atoms in total. The molecule has 0 radical (unpaired) electrons. The topological polar surface area (TPSA) is 49.7 Å². The lowest BCUT2D eigenvalue weighted by molar-refractivity contribution is -0.180. The predicted octanol–water partition coefficient (Wildman–Crippen LogP) is 1.42. The maximum atomic E-state index is 12.4. The van der Waals surface area contributed by atoms with Crippen LogP contribution in [0.25, 0.3) is 0 Å². The second-order valence-electron chi connectivity index (χ2n) is 3.85. The van der Waals surface area contributed by atoms with E-state index in [1.54, 1.807) is 6.07 Å². The number of aliphatic hydroxyl groups excluding tert-OH is 1. The number of aliphatic hydroxyl groups is 2. The third-order valence-electron chi connectivity index (χ3n) is 2.38. The molecule has 0 aliphatic heterocycles. The molecule has 0 aliphatic rings. The Morgan fingerprint density at radius 1 is 1.28 bits per heavy atom. The standard InChI is InChI=1S/C11H15F3O3Si/c12-11(13,14)9-5-1-3-8(7-9)4-2-6-18-17-10(15)16/h1,3,5,7,10,15-16H,2,4,6,18H2. The number of aryl methyl sites for hydroxylation is 1. The smallest absolute Gasteiger partial charge is 0.379 e. The van der Waals surface area contributed by atoms with Crippen molar-refractivity contribution in [1.29, 1.82) is 0 Å². The molecule has 0 heterocycles. The lowest BCUT2D eigenvalue weighted by Crippen LogP contribution is -2.13. The first-order valence-corrected chi connectivity index (χ1v) is 7.11. The molecule has 0 atom stereocenters. The molecule has 7 heteroatoms. The first kappa shape index (κ1) is 15.2. The van der Waals surface area contributed by atoms with Crippen LogP contribution in [0.5, 0.6) is 0 Å². The molecule has 102 valence electrons. The van der Waals surface area contributed by atoms with Gasteiger partial charge in [-0.2, -0.15) is 13.2 Å². The van der Waals surface area contributed by atoms with E-state index in [0.29, 0.717) is 24.4 Å². The molecule has 0 aliphatic carbocycles. The van der Waals surface area contributed by atoms with E-state index in [-0.39, 0.29) is 0 Å². The largest absolute Gasteiger partial charge is 0.416 e. The van der Waals surface area contributed by atoms with E-state index < -0.39 is 28.0 Å². The third-order valence-corrected chi connectivity index (χ3v) is 3.70. The summed E-state index contributed by atoms with van der Waals surface area (Å²) in [7, 11) is -1.01. The van der Waals surface area contributed by atoms with Gasteiger partial charge in [0.2, 0.25) is 0 Å². The molecule has 0 fully saturated rings. The van der Waals surface area contributed by atoms with Crippen molar-refractivity contribution in [3.63, 3.8) is 0 Å². The number of halogens is 3. The maximum Gasteiger partial charge on any atom is 0.416 e. The zero-order valence-corrected chi connectivity index (χ0v) is 11.1. The van der Waals surface area contributed by atoms with Crippen LogP contribution in [0.4, 0.5) is 13.2 Å². The van der Waals surface area contributed by atoms with Crippen LogP contribution in [0.3, 0.4) is 0 Å². The molecule has 0 aromatic heterocycles. The fourth-order valence-electron chi connectivity index (χ4n) is 1.52. The van der Waals surface area contributed by atoms with Crippen molar-refractivity contribution >= 4 is 9.76 Å².